The lowest BCUT2D eigenvalue weighted by atomic mass is 9.90. The van der Waals surface area contributed by atoms with E-state index in [2.05, 4.69) is 4.98 Å². The summed E-state index contributed by atoms with van der Waals surface area (Å²) in [6.45, 7) is 0.487. The maximum atomic E-state index is 12.3. The Kier molecular flexibility index (Phi) is 3.27. The van der Waals surface area contributed by atoms with Gasteiger partial charge in [0.1, 0.15) is 11.5 Å². The van der Waals surface area contributed by atoms with Gasteiger partial charge in [-0.05, 0) is 35.7 Å². The number of ether oxygens (including phenoxy) is 1. The van der Waals surface area contributed by atoms with E-state index in [1.807, 2.05) is 36.4 Å². The van der Waals surface area contributed by atoms with Gasteiger partial charge in [-0.3, -0.25) is 9.78 Å². The fourth-order valence-corrected chi connectivity index (χ4v) is 2.38. The molecule has 0 spiro atoms. The summed E-state index contributed by atoms with van der Waals surface area (Å²) in [6.07, 6.45) is 4.67. The molecule has 1 aromatic heterocycles. The maximum absolute atomic E-state index is 12.3. The number of carbonyl (C=O) groups is 1. The molecule has 3 nitrogen and oxygen atoms in total. The van der Waals surface area contributed by atoms with Gasteiger partial charge in [0.25, 0.3) is 0 Å². The van der Waals surface area contributed by atoms with Crippen LogP contribution in [0.5, 0.6) is 5.75 Å². The van der Waals surface area contributed by atoms with Gasteiger partial charge in [0.15, 0.2) is 0 Å². The minimum atomic E-state index is -0.0388. The quantitative estimate of drug-likeness (QED) is 0.843. The molecule has 1 atom stereocenters. The number of ketones is 1. The summed E-state index contributed by atoms with van der Waals surface area (Å²) in [6, 6.07) is 11.7. The highest BCUT2D eigenvalue weighted by atomic mass is 16.5. The van der Waals surface area contributed by atoms with Crippen molar-refractivity contribution in [3.63, 3.8) is 0 Å². The molecule has 0 saturated carbocycles. The van der Waals surface area contributed by atoms with E-state index in [-0.39, 0.29) is 11.7 Å². The molecule has 19 heavy (non-hydrogen) atoms. The lowest BCUT2D eigenvalue weighted by molar-refractivity contribution is -0.123. The summed E-state index contributed by atoms with van der Waals surface area (Å²) in [5, 5.41) is 0. The van der Waals surface area contributed by atoms with Crippen LogP contribution in [0.3, 0.4) is 0 Å². The monoisotopic (exact) mass is 253 g/mol. The van der Waals surface area contributed by atoms with Crippen molar-refractivity contribution in [2.24, 2.45) is 5.92 Å². The molecule has 0 bridgehead atoms. The van der Waals surface area contributed by atoms with Crippen LogP contribution in [0, 0.1) is 5.92 Å². The molecule has 0 N–H and O–H groups in total. The van der Waals surface area contributed by atoms with Crippen molar-refractivity contribution < 1.29 is 9.53 Å². The average Bonchev–Trinajstić information content (AvgIpc) is 2.48. The summed E-state index contributed by atoms with van der Waals surface area (Å²) >= 11 is 0. The van der Waals surface area contributed by atoms with Gasteiger partial charge in [0.05, 0.1) is 12.5 Å². The third-order valence-electron chi connectivity index (χ3n) is 3.46. The van der Waals surface area contributed by atoms with E-state index < -0.39 is 0 Å². The Labute approximate surface area is 112 Å². The number of hydrogen-bond donors (Lipinski definition) is 0. The van der Waals surface area contributed by atoms with Crippen LogP contribution in [-0.4, -0.2) is 17.4 Å². The second-order valence-corrected chi connectivity index (χ2v) is 4.82. The van der Waals surface area contributed by atoms with Crippen LogP contribution in [0.2, 0.25) is 0 Å². The molecule has 2 aromatic rings. The number of carbonyl (C=O) groups excluding carboxylic acids is 1. The first-order valence-electron chi connectivity index (χ1n) is 6.45. The number of pyridine rings is 1. The SMILES string of the molecule is O=C(Cc1ccncc1)C1COc2ccccc2C1. The summed E-state index contributed by atoms with van der Waals surface area (Å²) in [4.78, 5) is 16.2. The molecular weight excluding hydrogens is 238 g/mol. The van der Waals surface area contributed by atoms with Gasteiger partial charge >= 0.3 is 0 Å². The molecule has 3 heteroatoms. The Morgan fingerprint density at radius 2 is 2.00 bits per heavy atom. The highest BCUT2D eigenvalue weighted by molar-refractivity contribution is 5.84. The Morgan fingerprint density at radius 1 is 1.21 bits per heavy atom. The molecule has 3 rings (SSSR count). The smallest absolute Gasteiger partial charge is 0.144 e. The minimum Gasteiger partial charge on any atom is -0.493 e. The predicted octanol–water partition coefficient (Wildman–Crippen LogP) is 2.44. The normalized spacial score (nSPS) is 17.4. The number of benzene rings is 1. The first kappa shape index (κ1) is 11.9. The Hall–Kier alpha value is -2.16. The molecular formula is C16H15NO2. The van der Waals surface area contributed by atoms with E-state index in [0.29, 0.717) is 13.0 Å². The molecule has 0 aliphatic carbocycles. The number of rotatable bonds is 3. The third-order valence-corrected chi connectivity index (χ3v) is 3.46. The van der Waals surface area contributed by atoms with Crippen molar-refractivity contribution in [2.45, 2.75) is 12.8 Å². The molecule has 2 heterocycles. The number of fused-ring (bicyclic) bond motifs is 1. The first-order valence-corrected chi connectivity index (χ1v) is 6.45. The highest BCUT2D eigenvalue weighted by Crippen LogP contribution is 2.27. The predicted molar refractivity (Wildman–Crippen MR) is 72.1 cm³/mol. The fraction of sp³-hybridized carbons (Fsp3) is 0.250. The molecule has 1 aliphatic rings. The first-order chi connectivity index (χ1) is 9.33. The van der Waals surface area contributed by atoms with Crippen molar-refractivity contribution in [2.75, 3.05) is 6.61 Å². The van der Waals surface area contributed by atoms with Crippen molar-refractivity contribution in [3.05, 3.63) is 59.9 Å². The van der Waals surface area contributed by atoms with Gasteiger partial charge in [-0.15, -0.1) is 0 Å². The summed E-state index contributed by atoms with van der Waals surface area (Å²) in [5.74, 6) is 1.11. The van der Waals surface area contributed by atoms with Crippen LogP contribution in [0.4, 0.5) is 0 Å². The molecule has 1 aliphatic heterocycles. The molecule has 0 saturated heterocycles. The number of hydrogen-bond acceptors (Lipinski definition) is 3. The summed E-state index contributed by atoms with van der Waals surface area (Å²) in [7, 11) is 0. The van der Waals surface area contributed by atoms with Gasteiger partial charge in [0, 0.05) is 18.8 Å². The van der Waals surface area contributed by atoms with Crippen LogP contribution < -0.4 is 4.74 Å². The van der Waals surface area contributed by atoms with Gasteiger partial charge < -0.3 is 4.74 Å². The van der Waals surface area contributed by atoms with E-state index in [0.717, 1.165) is 23.3 Å². The Balaban J connectivity index is 1.70. The van der Waals surface area contributed by atoms with Crippen LogP contribution in [0.1, 0.15) is 11.1 Å². The van der Waals surface area contributed by atoms with Gasteiger partial charge in [0.2, 0.25) is 0 Å². The van der Waals surface area contributed by atoms with Crippen molar-refractivity contribution in [1.82, 2.24) is 4.98 Å². The zero-order valence-electron chi connectivity index (χ0n) is 10.6. The average molecular weight is 253 g/mol. The van der Waals surface area contributed by atoms with Crippen LogP contribution >= 0.6 is 0 Å². The highest BCUT2D eigenvalue weighted by Gasteiger charge is 2.25. The number of Topliss-reactive ketones (excluding diaryl/α,β-unsaturated/α-hetero) is 1. The van der Waals surface area contributed by atoms with E-state index in [1.54, 1.807) is 12.4 Å². The molecule has 1 aromatic carbocycles. The second-order valence-electron chi connectivity index (χ2n) is 4.82. The van der Waals surface area contributed by atoms with Gasteiger partial charge in [-0.25, -0.2) is 0 Å². The van der Waals surface area contributed by atoms with E-state index in [4.69, 9.17) is 4.74 Å². The molecule has 0 radical (unpaired) electrons. The van der Waals surface area contributed by atoms with E-state index in [1.165, 1.54) is 0 Å². The van der Waals surface area contributed by atoms with E-state index in [9.17, 15) is 4.79 Å². The lowest BCUT2D eigenvalue weighted by Crippen LogP contribution is -2.29. The van der Waals surface area contributed by atoms with Gasteiger partial charge in [-0.2, -0.15) is 0 Å². The minimum absolute atomic E-state index is 0.0388. The van der Waals surface area contributed by atoms with Gasteiger partial charge in [-0.1, -0.05) is 18.2 Å². The van der Waals surface area contributed by atoms with Crippen LogP contribution in [0.15, 0.2) is 48.8 Å². The zero-order chi connectivity index (χ0) is 13.1. The molecule has 96 valence electrons. The second kappa shape index (κ2) is 5.22. The van der Waals surface area contributed by atoms with Crippen molar-refractivity contribution >= 4 is 5.78 Å². The van der Waals surface area contributed by atoms with Crippen LogP contribution in [0.25, 0.3) is 0 Å². The topological polar surface area (TPSA) is 39.2 Å². The maximum Gasteiger partial charge on any atom is 0.144 e. The van der Waals surface area contributed by atoms with Crippen molar-refractivity contribution in [1.29, 1.82) is 0 Å². The zero-order valence-corrected chi connectivity index (χ0v) is 10.6. The third kappa shape index (κ3) is 2.65. The largest absolute Gasteiger partial charge is 0.493 e. The fourth-order valence-electron chi connectivity index (χ4n) is 2.38. The molecule has 1 unspecified atom stereocenters. The summed E-state index contributed by atoms with van der Waals surface area (Å²) in [5.41, 5.74) is 2.14. The molecule has 0 fully saturated rings. The number of nitrogens with zero attached hydrogens (tertiary/aromatic N) is 1. The number of aromatic nitrogens is 1. The summed E-state index contributed by atoms with van der Waals surface area (Å²) < 4.78 is 5.66. The standard InChI is InChI=1S/C16H15NO2/c18-15(9-12-5-7-17-8-6-12)14-10-13-3-1-2-4-16(13)19-11-14/h1-8,14H,9-11H2. The van der Waals surface area contributed by atoms with Crippen molar-refractivity contribution in [3.8, 4) is 5.75 Å². The lowest BCUT2D eigenvalue weighted by Gasteiger charge is -2.24. The Bertz CT molecular complexity index is 580. The van der Waals surface area contributed by atoms with Crippen LogP contribution in [-0.2, 0) is 17.6 Å². The number of para-hydroxylation sites is 1. The van der Waals surface area contributed by atoms with E-state index >= 15 is 0 Å². The Morgan fingerprint density at radius 3 is 2.84 bits per heavy atom. The molecule has 0 amide bonds.